The minimum absolute atomic E-state index is 0.599. The maximum Gasteiger partial charge on any atom is 0.209 e. The topological polar surface area (TPSA) is 38.9 Å². The number of hydrogen-bond acceptors (Lipinski definition) is 4. The van der Waals surface area contributed by atoms with Crippen LogP contribution in [0.25, 0.3) is 22.2 Å². The van der Waals surface area contributed by atoms with Crippen LogP contribution in [0.15, 0.2) is 45.5 Å². The van der Waals surface area contributed by atoms with Gasteiger partial charge in [0.15, 0.2) is 5.76 Å². The molecule has 0 amide bonds. The van der Waals surface area contributed by atoms with E-state index in [0.29, 0.717) is 16.6 Å². The largest absolute Gasteiger partial charge is 0.461 e. The molecule has 90 valence electrons. The molecular formula is C12H6BrClN2OS. The van der Waals surface area contributed by atoms with Gasteiger partial charge in [0.05, 0.1) is 6.26 Å². The number of hydrogen-bond donors (Lipinski definition) is 0. The van der Waals surface area contributed by atoms with Gasteiger partial charge in [-0.15, -0.1) is 0 Å². The molecular weight excluding hydrogens is 336 g/mol. The third kappa shape index (κ3) is 2.21. The van der Waals surface area contributed by atoms with E-state index >= 15 is 0 Å². The molecule has 0 radical (unpaired) electrons. The minimum Gasteiger partial charge on any atom is -0.461 e. The highest BCUT2D eigenvalue weighted by Gasteiger charge is 2.12. The van der Waals surface area contributed by atoms with Crippen molar-refractivity contribution in [3.63, 3.8) is 0 Å². The summed E-state index contributed by atoms with van der Waals surface area (Å²) in [5.41, 5.74) is 0.967. The molecule has 0 spiro atoms. The maximum atomic E-state index is 5.91. The summed E-state index contributed by atoms with van der Waals surface area (Å²) in [6.07, 6.45) is 1.61. The van der Waals surface area contributed by atoms with Crippen molar-refractivity contribution < 1.29 is 4.42 Å². The van der Waals surface area contributed by atoms with Crippen LogP contribution in [0.5, 0.6) is 0 Å². The lowest BCUT2D eigenvalue weighted by atomic mass is 10.2. The smallest absolute Gasteiger partial charge is 0.209 e. The summed E-state index contributed by atoms with van der Waals surface area (Å²) in [4.78, 5) is 4.45. The van der Waals surface area contributed by atoms with E-state index in [0.717, 1.165) is 15.0 Å². The monoisotopic (exact) mass is 340 g/mol. The Kier molecular flexibility index (Phi) is 3.20. The zero-order valence-electron chi connectivity index (χ0n) is 8.93. The van der Waals surface area contributed by atoms with Crippen molar-refractivity contribution >= 4 is 39.1 Å². The van der Waals surface area contributed by atoms with Crippen LogP contribution >= 0.6 is 39.1 Å². The number of rotatable bonds is 2. The molecule has 3 rings (SSSR count). The van der Waals surface area contributed by atoms with Gasteiger partial charge in [-0.3, -0.25) is 0 Å². The Morgan fingerprint density at radius 2 is 2.17 bits per heavy atom. The highest BCUT2D eigenvalue weighted by molar-refractivity contribution is 9.10. The van der Waals surface area contributed by atoms with E-state index in [-0.39, 0.29) is 0 Å². The lowest BCUT2D eigenvalue weighted by molar-refractivity contribution is 0.578. The summed E-state index contributed by atoms with van der Waals surface area (Å²) in [7, 11) is 0. The van der Waals surface area contributed by atoms with Crippen molar-refractivity contribution in [1.82, 2.24) is 9.36 Å². The van der Waals surface area contributed by atoms with Crippen molar-refractivity contribution in [3.8, 4) is 22.2 Å². The second-order valence-electron chi connectivity index (χ2n) is 3.52. The second-order valence-corrected chi connectivity index (χ2v) is 5.57. The van der Waals surface area contributed by atoms with Crippen molar-refractivity contribution in [3.05, 3.63) is 46.1 Å². The van der Waals surface area contributed by atoms with Crippen LogP contribution in [0, 0.1) is 0 Å². The predicted molar refractivity (Wildman–Crippen MR) is 75.8 cm³/mol. The van der Waals surface area contributed by atoms with Crippen LogP contribution in [0.2, 0.25) is 5.02 Å². The quantitative estimate of drug-likeness (QED) is 0.667. The number of halogens is 2. The minimum atomic E-state index is 0.599. The molecule has 18 heavy (non-hydrogen) atoms. The summed E-state index contributed by atoms with van der Waals surface area (Å²) in [6.45, 7) is 0. The van der Waals surface area contributed by atoms with Crippen molar-refractivity contribution in [2.24, 2.45) is 0 Å². The Labute approximate surface area is 121 Å². The molecule has 3 nitrogen and oxygen atoms in total. The van der Waals surface area contributed by atoms with Gasteiger partial charge in [-0.05, 0) is 41.9 Å². The summed E-state index contributed by atoms with van der Waals surface area (Å²) in [6, 6.07) is 9.23. The highest BCUT2D eigenvalue weighted by Crippen LogP contribution is 2.33. The summed E-state index contributed by atoms with van der Waals surface area (Å²) >= 11 is 10.7. The molecule has 1 aromatic carbocycles. The summed E-state index contributed by atoms with van der Waals surface area (Å²) in [5, 5.41) is 1.51. The van der Waals surface area contributed by atoms with E-state index in [9.17, 15) is 0 Å². The number of benzene rings is 1. The first-order valence-electron chi connectivity index (χ1n) is 5.07. The van der Waals surface area contributed by atoms with Gasteiger partial charge >= 0.3 is 0 Å². The molecule has 0 saturated carbocycles. The van der Waals surface area contributed by atoms with Gasteiger partial charge in [-0.25, -0.2) is 4.98 Å². The fraction of sp³-hybridized carbons (Fsp3) is 0. The third-order valence-corrected chi connectivity index (χ3v) is 3.97. The number of aromatic nitrogens is 2. The normalized spacial score (nSPS) is 10.8. The lowest BCUT2D eigenvalue weighted by Gasteiger charge is -1.99. The molecule has 0 atom stereocenters. The van der Waals surface area contributed by atoms with Crippen LogP contribution in [-0.2, 0) is 0 Å². The average molecular weight is 342 g/mol. The number of furan rings is 1. The van der Waals surface area contributed by atoms with E-state index in [1.54, 1.807) is 6.26 Å². The van der Waals surface area contributed by atoms with Crippen molar-refractivity contribution in [1.29, 1.82) is 0 Å². The molecule has 0 aliphatic rings. The van der Waals surface area contributed by atoms with Gasteiger partial charge in [0, 0.05) is 15.1 Å². The summed E-state index contributed by atoms with van der Waals surface area (Å²) in [5.74, 6) is 1.27. The zero-order valence-corrected chi connectivity index (χ0v) is 12.1. The fourth-order valence-electron chi connectivity index (χ4n) is 1.50. The molecule has 0 bridgehead atoms. The predicted octanol–water partition coefficient (Wildman–Crippen LogP) is 4.88. The van der Waals surface area contributed by atoms with E-state index in [1.165, 1.54) is 11.5 Å². The first-order chi connectivity index (χ1) is 8.74. The fourth-order valence-corrected chi connectivity index (χ4v) is 3.21. The molecule has 0 fully saturated rings. The third-order valence-electron chi connectivity index (χ3n) is 2.33. The van der Waals surface area contributed by atoms with Gasteiger partial charge in [-0.1, -0.05) is 27.5 Å². The van der Waals surface area contributed by atoms with Gasteiger partial charge in [-0.2, -0.15) is 4.37 Å². The Balaban J connectivity index is 2.03. The van der Waals surface area contributed by atoms with Crippen LogP contribution in [0.4, 0.5) is 0 Å². The summed E-state index contributed by atoms with van der Waals surface area (Å²) < 4.78 is 10.4. The molecule has 0 saturated heterocycles. The van der Waals surface area contributed by atoms with Gasteiger partial charge in [0.1, 0.15) is 5.01 Å². The van der Waals surface area contributed by atoms with E-state index < -0.39 is 0 Å². The SMILES string of the molecule is Clc1ccc(-c2nc(-c3ccco3)ns2)c(Br)c1. The van der Waals surface area contributed by atoms with E-state index in [1.807, 2.05) is 30.3 Å². The van der Waals surface area contributed by atoms with E-state index in [2.05, 4.69) is 25.3 Å². The highest BCUT2D eigenvalue weighted by atomic mass is 79.9. The van der Waals surface area contributed by atoms with Crippen molar-refractivity contribution in [2.75, 3.05) is 0 Å². The second kappa shape index (κ2) is 4.84. The Morgan fingerprint density at radius 1 is 1.28 bits per heavy atom. The number of nitrogens with zero attached hydrogens (tertiary/aromatic N) is 2. The van der Waals surface area contributed by atoms with Crippen LogP contribution in [-0.4, -0.2) is 9.36 Å². The molecule has 2 heterocycles. The molecule has 0 unspecified atom stereocenters. The van der Waals surface area contributed by atoms with Crippen LogP contribution in [0.3, 0.4) is 0 Å². The Bertz CT molecular complexity index is 681. The van der Waals surface area contributed by atoms with Gasteiger partial charge in [0.2, 0.25) is 5.82 Å². The Hall–Kier alpha value is -1.17. The van der Waals surface area contributed by atoms with Crippen LogP contribution in [0.1, 0.15) is 0 Å². The lowest BCUT2D eigenvalue weighted by Crippen LogP contribution is -1.80. The van der Waals surface area contributed by atoms with Gasteiger partial charge in [0.25, 0.3) is 0 Å². The standard InChI is InChI=1S/C12H6BrClN2OS/c13-9-6-7(14)3-4-8(9)12-15-11(16-18-12)10-2-1-5-17-10/h1-6H. The first-order valence-corrected chi connectivity index (χ1v) is 7.01. The molecule has 6 heteroatoms. The molecule has 0 N–H and O–H groups in total. The van der Waals surface area contributed by atoms with E-state index in [4.69, 9.17) is 16.0 Å². The zero-order chi connectivity index (χ0) is 12.5. The Morgan fingerprint density at radius 3 is 2.89 bits per heavy atom. The molecule has 0 aliphatic carbocycles. The molecule has 0 aliphatic heterocycles. The maximum absolute atomic E-state index is 5.91. The molecule has 2 aromatic heterocycles. The average Bonchev–Trinajstić information content (AvgIpc) is 2.99. The first kappa shape index (κ1) is 11.9. The molecule has 3 aromatic rings. The van der Waals surface area contributed by atoms with Crippen molar-refractivity contribution in [2.45, 2.75) is 0 Å². The van der Waals surface area contributed by atoms with Crippen LogP contribution < -0.4 is 0 Å². The van der Waals surface area contributed by atoms with Gasteiger partial charge < -0.3 is 4.42 Å².